The molecule has 7 nitrogen and oxygen atoms in total. The van der Waals surface area contributed by atoms with E-state index in [1.54, 1.807) is 14.2 Å². The number of fused-ring (bicyclic) bond motifs is 3. The van der Waals surface area contributed by atoms with Crippen molar-refractivity contribution in [3.63, 3.8) is 0 Å². The van der Waals surface area contributed by atoms with Gasteiger partial charge in [0.1, 0.15) is 5.66 Å². The summed E-state index contributed by atoms with van der Waals surface area (Å²) in [5.74, 6) is 1.99. The Labute approximate surface area is 194 Å². The fourth-order valence-electron chi connectivity index (χ4n) is 5.96. The lowest BCUT2D eigenvalue weighted by Gasteiger charge is -2.56. The quantitative estimate of drug-likeness (QED) is 0.630. The summed E-state index contributed by atoms with van der Waals surface area (Å²) in [7, 11) is 3.24. The van der Waals surface area contributed by atoms with Crippen molar-refractivity contribution in [1.82, 2.24) is 10.6 Å². The fraction of sp³-hybridized carbons (Fsp3) is 0.462. The number of amides is 2. The van der Waals surface area contributed by atoms with Crippen molar-refractivity contribution in [3.05, 3.63) is 53.6 Å². The van der Waals surface area contributed by atoms with Gasteiger partial charge in [-0.3, -0.25) is 9.59 Å². The fourth-order valence-corrected chi connectivity index (χ4v) is 5.96. The zero-order chi connectivity index (χ0) is 23.0. The summed E-state index contributed by atoms with van der Waals surface area (Å²) in [6.07, 6.45) is 4.36. The highest BCUT2D eigenvalue weighted by atomic mass is 16.5. The number of hydrogen-bond acceptors (Lipinski definition) is 5. The molecule has 33 heavy (non-hydrogen) atoms. The number of benzene rings is 2. The van der Waals surface area contributed by atoms with Gasteiger partial charge in [0.05, 0.1) is 19.8 Å². The Morgan fingerprint density at radius 2 is 1.91 bits per heavy atom. The smallest absolute Gasteiger partial charge is 0.255 e. The summed E-state index contributed by atoms with van der Waals surface area (Å²) in [6.45, 7) is 0.579. The van der Waals surface area contributed by atoms with Crippen molar-refractivity contribution in [2.45, 2.75) is 37.8 Å². The van der Waals surface area contributed by atoms with E-state index in [2.05, 4.69) is 16.0 Å². The number of carbonyl (C=O) groups excluding carboxylic acids is 2. The zero-order valence-corrected chi connectivity index (χ0v) is 19.1. The Hall–Kier alpha value is -3.22. The average molecular weight is 450 g/mol. The first kappa shape index (κ1) is 21.6. The van der Waals surface area contributed by atoms with Gasteiger partial charge in [-0.25, -0.2) is 0 Å². The molecular formula is C26H31N3O4. The lowest BCUT2D eigenvalue weighted by Crippen LogP contribution is -2.68. The SMILES string of the molecule is COc1ccc(CCNC(=O)[C@H]2C[C@@H]3CC[C@@H]2C[C@@]32NC(=O)c3ccccc3N2)cc1OC. The van der Waals surface area contributed by atoms with Crippen LogP contribution < -0.4 is 25.4 Å². The molecule has 0 unspecified atom stereocenters. The molecule has 3 saturated carbocycles. The number of hydrogen-bond donors (Lipinski definition) is 3. The highest BCUT2D eigenvalue weighted by Crippen LogP contribution is 2.51. The normalized spacial score (nSPS) is 27.3. The van der Waals surface area contributed by atoms with E-state index >= 15 is 0 Å². The molecule has 1 heterocycles. The van der Waals surface area contributed by atoms with Crippen LogP contribution in [0.3, 0.4) is 0 Å². The number of ether oxygens (including phenoxy) is 2. The van der Waals surface area contributed by atoms with Gasteiger partial charge in [0.15, 0.2) is 11.5 Å². The largest absolute Gasteiger partial charge is 0.493 e. The third-order valence-electron chi connectivity index (χ3n) is 7.64. The highest BCUT2D eigenvalue weighted by molar-refractivity contribution is 6.02. The van der Waals surface area contributed by atoms with E-state index in [4.69, 9.17) is 9.47 Å². The summed E-state index contributed by atoms with van der Waals surface area (Å²) in [5, 5.41) is 10.0. The lowest BCUT2D eigenvalue weighted by molar-refractivity contribution is -0.132. The van der Waals surface area contributed by atoms with Gasteiger partial charge >= 0.3 is 0 Å². The molecule has 174 valence electrons. The van der Waals surface area contributed by atoms with Crippen LogP contribution in [-0.2, 0) is 11.2 Å². The van der Waals surface area contributed by atoms with Gasteiger partial charge in [0, 0.05) is 24.1 Å². The van der Waals surface area contributed by atoms with Crippen LogP contribution in [0.2, 0.25) is 0 Å². The van der Waals surface area contributed by atoms with Crippen LogP contribution in [0.5, 0.6) is 11.5 Å². The Morgan fingerprint density at radius 1 is 1.09 bits per heavy atom. The summed E-state index contributed by atoms with van der Waals surface area (Å²) >= 11 is 0. The molecule has 3 aliphatic carbocycles. The molecule has 0 radical (unpaired) electrons. The van der Waals surface area contributed by atoms with Gasteiger partial charge in [-0.05, 0) is 67.9 Å². The number of para-hydroxylation sites is 1. The molecule has 1 spiro atoms. The third-order valence-corrected chi connectivity index (χ3v) is 7.64. The molecule has 2 aromatic carbocycles. The molecule has 0 aromatic heterocycles. The lowest BCUT2D eigenvalue weighted by atomic mass is 9.58. The molecular weight excluding hydrogens is 418 g/mol. The number of nitrogens with one attached hydrogen (secondary N) is 3. The molecule has 7 heteroatoms. The monoisotopic (exact) mass is 449 g/mol. The molecule has 2 bridgehead atoms. The topological polar surface area (TPSA) is 88.7 Å². The number of anilines is 1. The summed E-state index contributed by atoms with van der Waals surface area (Å²) in [6, 6.07) is 13.5. The Kier molecular flexibility index (Phi) is 5.64. The van der Waals surface area contributed by atoms with E-state index in [1.807, 2.05) is 42.5 Å². The molecule has 4 aliphatic rings. The minimum atomic E-state index is -0.440. The van der Waals surface area contributed by atoms with Crippen molar-refractivity contribution in [2.75, 3.05) is 26.1 Å². The molecule has 2 amide bonds. The van der Waals surface area contributed by atoms with Gasteiger partial charge in [-0.2, -0.15) is 0 Å². The molecule has 6 rings (SSSR count). The second-order valence-corrected chi connectivity index (χ2v) is 9.41. The van der Waals surface area contributed by atoms with Crippen molar-refractivity contribution >= 4 is 17.5 Å². The van der Waals surface area contributed by atoms with Gasteiger partial charge in [0.2, 0.25) is 5.91 Å². The van der Waals surface area contributed by atoms with E-state index in [9.17, 15) is 9.59 Å². The number of methoxy groups -OCH3 is 2. The minimum absolute atomic E-state index is 0.00403. The Morgan fingerprint density at radius 3 is 2.67 bits per heavy atom. The number of carbonyl (C=O) groups is 2. The second-order valence-electron chi connectivity index (χ2n) is 9.41. The summed E-state index contributed by atoms with van der Waals surface area (Å²) < 4.78 is 10.7. The van der Waals surface area contributed by atoms with Crippen LogP contribution >= 0.6 is 0 Å². The standard InChI is InChI=1S/C26H31N3O4/c1-32-22-10-7-16(13-23(22)33-2)11-12-27-24(30)20-14-18-9-8-17(20)15-26(18)28-21-6-4-3-5-19(21)25(31)29-26/h3-7,10,13,17-18,20,28H,8-9,11-12,14-15H2,1-2H3,(H,27,30)(H,29,31)/t17-,18+,20+,26-/m1/s1. The van der Waals surface area contributed by atoms with Crippen LogP contribution in [0, 0.1) is 17.8 Å². The molecule has 3 fully saturated rings. The Bertz CT molecular complexity index is 1070. The maximum atomic E-state index is 13.1. The summed E-state index contributed by atoms with van der Waals surface area (Å²) in [4.78, 5) is 25.8. The molecule has 0 saturated heterocycles. The minimum Gasteiger partial charge on any atom is -0.493 e. The van der Waals surface area contributed by atoms with Gasteiger partial charge < -0.3 is 25.4 Å². The molecule has 1 aliphatic heterocycles. The highest BCUT2D eigenvalue weighted by Gasteiger charge is 2.55. The van der Waals surface area contributed by atoms with Gasteiger partial charge in [0.25, 0.3) is 5.91 Å². The first-order valence-corrected chi connectivity index (χ1v) is 11.7. The molecule has 3 N–H and O–H groups in total. The average Bonchev–Trinajstić information content (AvgIpc) is 2.84. The van der Waals surface area contributed by atoms with Crippen LogP contribution in [-0.4, -0.2) is 38.2 Å². The van der Waals surface area contributed by atoms with E-state index in [-0.39, 0.29) is 29.6 Å². The van der Waals surface area contributed by atoms with E-state index < -0.39 is 5.66 Å². The molecule has 2 aromatic rings. The Balaban J connectivity index is 1.21. The summed E-state index contributed by atoms with van der Waals surface area (Å²) in [5.41, 5.74) is 2.23. The van der Waals surface area contributed by atoms with E-state index in [1.165, 1.54) is 0 Å². The molecule has 4 atom stereocenters. The second kappa shape index (κ2) is 8.61. The van der Waals surface area contributed by atoms with E-state index in [0.29, 0.717) is 23.6 Å². The first-order chi connectivity index (χ1) is 16.0. The van der Waals surface area contributed by atoms with Crippen molar-refractivity contribution in [2.24, 2.45) is 17.8 Å². The van der Waals surface area contributed by atoms with Crippen LogP contribution in [0.1, 0.15) is 41.6 Å². The predicted molar refractivity (Wildman–Crippen MR) is 125 cm³/mol. The van der Waals surface area contributed by atoms with Crippen molar-refractivity contribution < 1.29 is 19.1 Å². The van der Waals surface area contributed by atoms with Crippen molar-refractivity contribution in [1.29, 1.82) is 0 Å². The van der Waals surface area contributed by atoms with E-state index in [0.717, 1.165) is 43.4 Å². The maximum absolute atomic E-state index is 13.1. The van der Waals surface area contributed by atoms with Gasteiger partial charge in [-0.15, -0.1) is 0 Å². The zero-order valence-electron chi connectivity index (χ0n) is 19.1. The number of rotatable bonds is 6. The third kappa shape index (κ3) is 3.90. The van der Waals surface area contributed by atoms with Gasteiger partial charge in [-0.1, -0.05) is 18.2 Å². The van der Waals surface area contributed by atoms with Crippen molar-refractivity contribution in [3.8, 4) is 11.5 Å². The first-order valence-electron chi connectivity index (χ1n) is 11.7. The van der Waals surface area contributed by atoms with Crippen LogP contribution in [0.25, 0.3) is 0 Å². The van der Waals surface area contributed by atoms with Crippen LogP contribution in [0.4, 0.5) is 5.69 Å². The predicted octanol–water partition coefficient (Wildman–Crippen LogP) is 3.35. The maximum Gasteiger partial charge on any atom is 0.255 e. The van der Waals surface area contributed by atoms with Crippen LogP contribution in [0.15, 0.2) is 42.5 Å².